The van der Waals surface area contributed by atoms with Crippen LogP contribution in [0.4, 0.5) is 11.6 Å². The van der Waals surface area contributed by atoms with Gasteiger partial charge in [-0.1, -0.05) is 11.6 Å². The van der Waals surface area contributed by atoms with Gasteiger partial charge in [0, 0.05) is 36.2 Å². The minimum atomic E-state index is 0.605. The predicted molar refractivity (Wildman–Crippen MR) is 81.6 cm³/mol. The van der Waals surface area contributed by atoms with Gasteiger partial charge in [0.05, 0.1) is 0 Å². The number of hydrogen-bond donors (Lipinski definition) is 2. The maximum atomic E-state index is 5.91. The summed E-state index contributed by atoms with van der Waals surface area (Å²) in [5, 5.41) is 4.07. The van der Waals surface area contributed by atoms with E-state index in [1.807, 2.05) is 24.3 Å². The summed E-state index contributed by atoms with van der Waals surface area (Å²) in [5.74, 6) is 1.42. The van der Waals surface area contributed by atoms with E-state index in [0.29, 0.717) is 5.95 Å². The van der Waals surface area contributed by atoms with Gasteiger partial charge >= 0.3 is 0 Å². The first-order chi connectivity index (χ1) is 9.81. The average molecular weight is 290 g/mol. The highest BCUT2D eigenvalue weighted by Gasteiger charge is 2.17. The van der Waals surface area contributed by atoms with E-state index in [1.54, 1.807) is 12.4 Å². The van der Waals surface area contributed by atoms with Gasteiger partial charge in [0.2, 0.25) is 11.9 Å². The molecule has 0 saturated carbocycles. The SMILES string of the molecule is Clc1ccc(NC(=Nc2ncc[nH]2)N2CCCC2)cc1. The Morgan fingerprint density at radius 2 is 2.00 bits per heavy atom. The van der Waals surface area contributed by atoms with E-state index in [1.165, 1.54) is 12.8 Å². The van der Waals surface area contributed by atoms with E-state index < -0.39 is 0 Å². The van der Waals surface area contributed by atoms with E-state index in [-0.39, 0.29) is 0 Å². The minimum absolute atomic E-state index is 0.605. The minimum Gasteiger partial charge on any atom is -0.342 e. The number of anilines is 1. The molecule has 1 fully saturated rings. The number of likely N-dealkylation sites (tertiary alicyclic amines) is 1. The fourth-order valence-electron chi connectivity index (χ4n) is 2.19. The van der Waals surface area contributed by atoms with Gasteiger partial charge in [0.25, 0.3) is 0 Å². The second-order valence-electron chi connectivity index (χ2n) is 4.67. The number of nitrogens with zero attached hydrogens (tertiary/aromatic N) is 3. The van der Waals surface area contributed by atoms with Gasteiger partial charge in [-0.3, -0.25) is 0 Å². The Kier molecular flexibility index (Phi) is 3.87. The highest BCUT2D eigenvalue weighted by molar-refractivity contribution is 6.30. The lowest BCUT2D eigenvalue weighted by Gasteiger charge is -2.20. The third-order valence-corrected chi connectivity index (χ3v) is 3.45. The summed E-state index contributed by atoms with van der Waals surface area (Å²) in [5.41, 5.74) is 0.964. The molecular weight excluding hydrogens is 274 g/mol. The van der Waals surface area contributed by atoms with Gasteiger partial charge < -0.3 is 15.2 Å². The Labute approximate surface area is 122 Å². The molecule has 0 aliphatic carbocycles. The number of benzene rings is 1. The molecule has 1 aromatic heterocycles. The first-order valence-corrected chi connectivity index (χ1v) is 7.05. The first kappa shape index (κ1) is 13.0. The third kappa shape index (κ3) is 3.11. The van der Waals surface area contributed by atoms with E-state index in [0.717, 1.165) is 29.8 Å². The molecule has 0 spiro atoms. The van der Waals surface area contributed by atoms with Crippen LogP contribution in [-0.2, 0) is 0 Å². The summed E-state index contributed by atoms with van der Waals surface area (Å²) < 4.78 is 0. The molecule has 5 nitrogen and oxygen atoms in total. The van der Waals surface area contributed by atoms with Gasteiger partial charge in [-0.25, -0.2) is 4.98 Å². The average Bonchev–Trinajstić information content (AvgIpc) is 3.12. The lowest BCUT2D eigenvalue weighted by Crippen LogP contribution is -2.33. The third-order valence-electron chi connectivity index (χ3n) is 3.20. The highest BCUT2D eigenvalue weighted by Crippen LogP contribution is 2.17. The lowest BCUT2D eigenvalue weighted by molar-refractivity contribution is 0.518. The number of aliphatic imine (C=N–C) groups is 1. The van der Waals surface area contributed by atoms with Crippen molar-refractivity contribution in [3.8, 4) is 0 Å². The Hall–Kier alpha value is -2.01. The van der Waals surface area contributed by atoms with Crippen LogP contribution in [0.15, 0.2) is 41.7 Å². The molecule has 2 heterocycles. The molecule has 1 saturated heterocycles. The maximum Gasteiger partial charge on any atom is 0.230 e. The maximum absolute atomic E-state index is 5.91. The van der Waals surface area contributed by atoms with Gasteiger partial charge in [0.15, 0.2) is 0 Å². The molecule has 0 radical (unpaired) electrons. The van der Waals surface area contributed by atoms with E-state index in [4.69, 9.17) is 11.6 Å². The normalized spacial score (nSPS) is 15.7. The molecule has 1 aliphatic heterocycles. The largest absolute Gasteiger partial charge is 0.342 e. The van der Waals surface area contributed by atoms with Crippen LogP contribution < -0.4 is 5.32 Å². The molecule has 0 bridgehead atoms. The van der Waals surface area contributed by atoms with Crippen molar-refractivity contribution >= 4 is 29.2 Å². The molecule has 20 heavy (non-hydrogen) atoms. The van der Waals surface area contributed by atoms with Gasteiger partial charge in [-0.05, 0) is 37.1 Å². The number of imidazole rings is 1. The highest BCUT2D eigenvalue weighted by atomic mass is 35.5. The molecule has 0 amide bonds. The van der Waals surface area contributed by atoms with Crippen LogP contribution in [0.5, 0.6) is 0 Å². The summed E-state index contributed by atoms with van der Waals surface area (Å²) in [6.45, 7) is 2.03. The van der Waals surface area contributed by atoms with Crippen LogP contribution in [0.1, 0.15) is 12.8 Å². The fourth-order valence-corrected chi connectivity index (χ4v) is 2.31. The summed E-state index contributed by atoms with van der Waals surface area (Å²) in [6, 6.07) is 7.60. The number of nitrogens with one attached hydrogen (secondary N) is 2. The van der Waals surface area contributed by atoms with Crippen molar-refractivity contribution in [3.05, 3.63) is 41.7 Å². The van der Waals surface area contributed by atoms with Crippen LogP contribution in [0, 0.1) is 0 Å². The zero-order chi connectivity index (χ0) is 13.8. The quantitative estimate of drug-likeness (QED) is 0.659. The Morgan fingerprint density at radius 3 is 2.65 bits per heavy atom. The Morgan fingerprint density at radius 1 is 1.25 bits per heavy atom. The monoisotopic (exact) mass is 289 g/mol. The van der Waals surface area contributed by atoms with Crippen molar-refractivity contribution in [1.29, 1.82) is 0 Å². The number of aromatic nitrogens is 2. The number of halogens is 1. The number of H-pyrrole nitrogens is 1. The summed E-state index contributed by atoms with van der Waals surface area (Å²) in [7, 11) is 0. The number of rotatable bonds is 2. The zero-order valence-electron chi connectivity index (χ0n) is 11.0. The van der Waals surface area contributed by atoms with Crippen molar-refractivity contribution < 1.29 is 0 Å². The fraction of sp³-hybridized carbons (Fsp3) is 0.286. The zero-order valence-corrected chi connectivity index (χ0v) is 11.8. The first-order valence-electron chi connectivity index (χ1n) is 6.67. The molecule has 0 atom stereocenters. The molecule has 2 N–H and O–H groups in total. The molecule has 104 valence electrons. The Bertz CT molecular complexity index is 570. The predicted octanol–water partition coefficient (Wildman–Crippen LogP) is 3.26. The van der Waals surface area contributed by atoms with Crippen molar-refractivity contribution in [2.45, 2.75) is 12.8 Å². The van der Waals surface area contributed by atoms with Crippen LogP contribution in [0.2, 0.25) is 5.02 Å². The van der Waals surface area contributed by atoms with Crippen LogP contribution >= 0.6 is 11.6 Å². The second kappa shape index (κ2) is 5.96. The standard InChI is InChI=1S/C14H16ClN5/c15-11-3-5-12(6-4-11)18-14(20-9-1-2-10-20)19-13-16-7-8-17-13/h3-8H,1-2,9-10H2,(H2,16,17,18,19). The number of hydrogen-bond acceptors (Lipinski definition) is 2. The van der Waals surface area contributed by atoms with Crippen molar-refractivity contribution in [2.24, 2.45) is 4.99 Å². The molecule has 1 aromatic carbocycles. The summed E-state index contributed by atoms with van der Waals surface area (Å²) >= 11 is 5.91. The number of aromatic amines is 1. The van der Waals surface area contributed by atoms with E-state index in [9.17, 15) is 0 Å². The Balaban J connectivity index is 1.83. The van der Waals surface area contributed by atoms with E-state index in [2.05, 4.69) is 25.2 Å². The molecule has 0 unspecified atom stereocenters. The smallest absolute Gasteiger partial charge is 0.230 e. The number of guanidine groups is 1. The second-order valence-corrected chi connectivity index (χ2v) is 5.11. The molecule has 1 aliphatic rings. The van der Waals surface area contributed by atoms with Gasteiger partial charge in [-0.2, -0.15) is 4.99 Å². The van der Waals surface area contributed by atoms with Gasteiger partial charge in [0.1, 0.15) is 0 Å². The van der Waals surface area contributed by atoms with E-state index >= 15 is 0 Å². The topological polar surface area (TPSA) is 56.3 Å². The molecule has 6 heteroatoms. The molecule has 2 aromatic rings. The van der Waals surface area contributed by atoms with Crippen molar-refractivity contribution in [2.75, 3.05) is 18.4 Å². The van der Waals surface area contributed by atoms with Crippen LogP contribution in [0.3, 0.4) is 0 Å². The summed E-state index contributed by atoms with van der Waals surface area (Å²) in [4.78, 5) is 13.9. The van der Waals surface area contributed by atoms with Gasteiger partial charge in [-0.15, -0.1) is 0 Å². The summed E-state index contributed by atoms with van der Waals surface area (Å²) in [6.07, 6.45) is 5.85. The molecular formula is C14H16ClN5. The van der Waals surface area contributed by atoms with Crippen molar-refractivity contribution in [3.63, 3.8) is 0 Å². The molecule has 3 rings (SSSR count). The van der Waals surface area contributed by atoms with Crippen LogP contribution in [0.25, 0.3) is 0 Å². The lowest BCUT2D eigenvalue weighted by atomic mass is 10.3. The van der Waals surface area contributed by atoms with Crippen molar-refractivity contribution in [1.82, 2.24) is 14.9 Å². The van der Waals surface area contributed by atoms with Crippen LogP contribution in [-0.4, -0.2) is 33.9 Å².